The second-order valence-corrected chi connectivity index (χ2v) is 6.45. The minimum absolute atomic E-state index is 0.0102. The highest BCUT2D eigenvalue weighted by Crippen LogP contribution is 2.22. The summed E-state index contributed by atoms with van der Waals surface area (Å²) < 4.78 is 9.08. The van der Waals surface area contributed by atoms with Gasteiger partial charge in [0.15, 0.2) is 5.65 Å². The maximum absolute atomic E-state index is 13.3. The zero-order valence-corrected chi connectivity index (χ0v) is 15.7. The first-order valence-corrected chi connectivity index (χ1v) is 9.01. The van der Waals surface area contributed by atoms with Crippen molar-refractivity contribution in [2.45, 2.75) is 53.5 Å². The van der Waals surface area contributed by atoms with Crippen LogP contribution in [0, 0.1) is 12.8 Å². The van der Waals surface area contributed by atoms with Gasteiger partial charge in [0, 0.05) is 19.0 Å². The molecule has 25 heavy (non-hydrogen) atoms. The van der Waals surface area contributed by atoms with E-state index in [9.17, 15) is 4.79 Å². The van der Waals surface area contributed by atoms with Gasteiger partial charge in [-0.1, -0.05) is 33.6 Å². The fraction of sp³-hybridized carbons (Fsp3) is 0.526. The predicted octanol–water partition coefficient (Wildman–Crippen LogP) is 3.36. The van der Waals surface area contributed by atoms with Crippen LogP contribution in [0.2, 0.25) is 0 Å². The van der Waals surface area contributed by atoms with E-state index in [1.54, 1.807) is 7.11 Å². The van der Waals surface area contributed by atoms with Gasteiger partial charge in [0.1, 0.15) is 11.3 Å². The van der Waals surface area contributed by atoms with Crippen LogP contribution in [0.25, 0.3) is 16.7 Å². The van der Waals surface area contributed by atoms with E-state index in [1.807, 2.05) is 34.9 Å². The number of fused-ring (bicyclic) bond motifs is 3. The Labute approximate surface area is 147 Å². The molecular formula is C19H26N4O2. The van der Waals surface area contributed by atoms with Gasteiger partial charge in [-0.3, -0.25) is 9.20 Å². The highest BCUT2D eigenvalue weighted by atomic mass is 16.5. The predicted molar refractivity (Wildman–Crippen MR) is 99.5 cm³/mol. The molecule has 3 heterocycles. The van der Waals surface area contributed by atoms with Gasteiger partial charge in [0.2, 0.25) is 5.88 Å². The number of hydrogen-bond acceptors (Lipinski definition) is 4. The third-order valence-corrected chi connectivity index (χ3v) is 5.02. The molecule has 0 aliphatic carbocycles. The normalized spacial score (nSPS) is 11.8. The van der Waals surface area contributed by atoms with Crippen molar-refractivity contribution in [2.75, 3.05) is 7.11 Å². The molecule has 0 fully saturated rings. The molecule has 0 saturated carbocycles. The van der Waals surface area contributed by atoms with Gasteiger partial charge >= 0.3 is 0 Å². The van der Waals surface area contributed by atoms with Crippen molar-refractivity contribution in [3.8, 4) is 5.88 Å². The zero-order valence-electron chi connectivity index (χ0n) is 15.7. The summed E-state index contributed by atoms with van der Waals surface area (Å²) in [6.07, 6.45) is 2.81. The van der Waals surface area contributed by atoms with Crippen LogP contribution in [0.1, 0.15) is 45.1 Å². The molecule has 0 unspecified atom stereocenters. The maximum Gasteiger partial charge on any atom is 0.277 e. The van der Waals surface area contributed by atoms with Crippen LogP contribution in [0.4, 0.5) is 0 Å². The Balaban J connectivity index is 2.44. The number of hydrogen-bond donors (Lipinski definition) is 0. The van der Waals surface area contributed by atoms with Crippen LogP contribution >= 0.6 is 0 Å². The molecule has 0 bridgehead atoms. The first-order valence-electron chi connectivity index (χ1n) is 9.01. The number of methoxy groups -OCH3 is 1. The van der Waals surface area contributed by atoms with Crippen molar-refractivity contribution in [1.82, 2.24) is 18.9 Å². The molecule has 0 spiro atoms. The second-order valence-electron chi connectivity index (χ2n) is 6.45. The lowest BCUT2D eigenvalue weighted by atomic mass is 10.0. The summed E-state index contributed by atoms with van der Waals surface area (Å²) in [6.45, 7) is 8.96. The monoisotopic (exact) mass is 342 g/mol. The Hall–Kier alpha value is -2.37. The van der Waals surface area contributed by atoms with Crippen molar-refractivity contribution >= 4 is 16.7 Å². The average molecular weight is 342 g/mol. The van der Waals surface area contributed by atoms with E-state index in [1.165, 1.54) is 0 Å². The number of aromatic nitrogens is 4. The van der Waals surface area contributed by atoms with Gasteiger partial charge in [-0.05, 0) is 18.9 Å². The molecule has 3 aromatic rings. The summed E-state index contributed by atoms with van der Waals surface area (Å²) in [5.41, 5.74) is 2.95. The summed E-state index contributed by atoms with van der Waals surface area (Å²) in [4.78, 5) is 22.5. The molecule has 134 valence electrons. The van der Waals surface area contributed by atoms with Crippen LogP contribution in [0.5, 0.6) is 5.88 Å². The first-order chi connectivity index (χ1) is 12.0. The van der Waals surface area contributed by atoms with Crippen molar-refractivity contribution in [3.05, 3.63) is 34.0 Å². The van der Waals surface area contributed by atoms with E-state index in [-0.39, 0.29) is 5.56 Å². The van der Waals surface area contributed by atoms with E-state index in [0.717, 1.165) is 41.9 Å². The van der Waals surface area contributed by atoms with Crippen molar-refractivity contribution < 1.29 is 4.74 Å². The fourth-order valence-electron chi connectivity index (χ4n) is 3.44. The molecule has 0 aliphatic rings. The lowest BCUT2D eigenvalue weighted by Gasteiger charge is -2.18. The molecule has 0 atom stereocenters. The molecule has 0 radical (unpaired) electrons. The summed E-state index contributed by atoms with van der Waals surface area (Å²) >= 11 is 0. The number of ether oxygens (including phenoxy) is 1. The third kappa shape index (κ3) is 2.79. The molecule has 0 N–H and O–H groups in total. The summed E-state index contributed by atoms with van der Waals surface area (Å²) in [5, 5.41) is 0. The topological polar surface area (TPSA) is 61.4 Å². The van der Waals surface area contributed by atoms with E-state index in [4.69, 9.17) is 4.74 Å². The van der Waals surface area contributed by atoms with Crippen LogP contribution in [0.15, 0.2) is 16.9 Å². The van der Waals surface area contributed by atoms with Crippen LogP contribution in [-0.2, 0) is 13.0 Å². The van der Waals surface area contributed by atoms with E-state index >= 15 is 0 Å². The molecule has 0 aliphatic heterocycles. The second kappa shape index (κ2) is 6.86. The molecule has 0 amide bonds. The van der Waals surface area contributed by atoms with E-state index in [2.05, 4.69) is 23.8 Å². The SMILES string of the molecule is CCc1nc(C)c2c(=O)n(CC(CC)CC)c3ccc(OC)nc3n12. The fourth-order valence-corrected chi connectivity index (χ4v) is 3.44. The number of imidazole rings is 1. The van der Waals surface area contributed by atoms with Crippen molar-refractivity contribution in [3.63, 3.8) is 0 Å². The summed E-state index contributed by atoms with van der Waals surface area (Å²) in [6, 6.07) is 3.74. The quantitative estimate of drug-likeness (QED) is 0.689. The van der Waals surface area contributed by atoms with Crippen LogP contribution < -0.4 is 10.3 Å². The number of rotatable bonds is 6. The molecule has 0 aromatic carbocycles. The summed E-state index contributed by atoms with van der Waals surface area (Å²) in [7, 11) is 1.60. The number of pyridine rings is 1. The lowest BCUT2D eigenvalue weighted by Crippen LogP contribution is -2.27. The lowest BCUT2D eigenvalue weighted by molar-refractivity contribution is 0.398. The first kappa shape index (κ1) is 17.5. The van der Waals surface area contributed by atoms with Gasteiger partial charge in [-0.25, -0.2) is 4.98 Å². The molecule has 6 heteroatoms. The summed E-state index contributed by atoms with van der Waals surface area (Å²) in [5.74, 6) is 1.85. The van der Waals surface area contributed by atoms with Crippen LogP contribution in [-0.4, -0.2) is 26.0 Å². The van der Waals surface area contributed by atoms with Gasteiger partial charge in [-0.2, -0.15) is 4.98 Å². The molecule has 3 aromatic heterocycles. The van der Waals surface area contributed by atoms with Gasteiger partial charge in [0.25, 0.3) is 5.56 Å². The Morgan fingerprint density at radius 2 is 1.88 bits per heavy atom. The number of nitrogens with zero attached hydrogens (tertiary/aromatic N) is 4. The zero-order chi connectivity index (χ0) is 18.1. The molecule has 0 saturated heterocycles. The van der Waals surface area contributed by atoms with Crippen molar-refractivity contribution in [1.29, 1.82) is 0 Å². The minimum Gasteiger partial charge on any atom is -0.481 e. The van der Waals surface area contributed by atoms with Gasteiger partial charge in [-0.15, -0.1) is 0 Å². The van der Waals surface area contributed by atoms with E-state index in [0.29, 0.717) is 23.9 Å². The largest absolute Gasteiger partial charge is 0.481 e. The Morgan fingerprint density at radius 1 is 1.16 bits per heavy atom. The van der Waals surface area contributed by atoms with Gasteiger partial charge < -0.3 is 9.30 Å². The molecule has 3 rings (SSSR count). The van der Waals surface area contributed by atoms with Crippen LogP contribution in [0.3, 0.4) is 0 Å². The highest BCUT2D eigenvalue weighted by molar-refractivity contribution is 5.77. The Bertz CT molecular complexity index is 967. The smallest absolute Gasteiger partial charge is 0.277 e. The highest BCUT2D eigenvalue weighted by Gasteiger charge is 2.20. The third-order valence-electron chi connectivity index (χ3n) is 5.02. The molecular weight excluding hydrogens is 316 g/mol. The number of aryl methyl sites for hydroxylation is 2. The standard InChI is InChI=1S/C19H26N4O2/c1-6-13(7-2)11-22-14-9-10-16(25-5)21-18(14)23-15(8-3)20-12(4)17(23)19(22)24/h9-10,13H,6-8,11H2,1-5H3. The Kier molecular flexibility index (Phi) is 4.79. The average Bonchev–Trinajstić information content (AvgIpc) is 2.98. The minimum atomic E-state index is 0.0102. The van der Waals surface area contributed by atoms with Gasteiger partial charge in [0.05, 0.1) is 18.3 Å². The maximum atomic E-state index is 13.3. The van der Waals surface area contributed by atoms with E-state index < -0.39 is 0 Å². The Morgan fingerprint density at radius 3 is 2.48 bits per heavy atom. The van der Waals surface area contributed by atoms with Crippen molar-refractivity contribution in [2.24, 2.45) is 5.92 Å². The molecule has 6 nitrogen and oxygen atoms in total.